The smallest absolute Gasteiger partial charge is 0.303 e. The van der Waals surface area contributed by atoms with Crippen molar-refractivity contribution in [1.82, 2.24) is 0 Å². The summed E-state index contributed by atoms with van der Waals surface area (Å²) in [5, 5.41) is 18.3. The number of fused-ring (bicyclic) bond motifs is 1. The first-order valence-corrected chi connectivity index (χ1v) is 11.8. The van der Waals surface area contributed by atoms with Crippen LogP contribution in [0.3, 0.4) is 0 Å². The normalized spacial score (nSPS) is 15.3. The van der Waals surface area contributed by atoms with Crippen LogP contribution in [-0.4, -0.2) is 32.1 Å². The molecule has 168 valence electrons. The third kappa shape index (κ3) is 4.69. The van der Waals surface area contributed by atoms with Gasteiger partial charge < -0.3 is 9.84 Å². The molecule has 1 N–H and O–H groups in total. The zero-order valence-electron chi connectivity index (χ0n) is 17.9. The fraction of sp³-hybridized carbons (Fsp3) is 0.200. The molecular weight excluding hydrogens is 440 g/mol. The number of nitriles is 1. The van der Waals surface area contributed by atoms with Crippen LogP contribution in [-0.2, 0) is 14.8 Å². The molecule has 0 amide bonds. The van der Waals surface area contributed by atoms with Crippen molar-refractivity contribution in [2.75, 3.05) is 10.8 Å². The molecule has 7 nitrogen and oxygen atoms in total. The number of aryl methyl sites for hydroxylation is 1. The molecule has 0 bridgehead atoms. The van der Waals surface area contributed by atoms with Gasteiger partial charge in [-0.3, -0.25) is 9.10 Å². The van der Waals surface area contributed by atoms with Gasteiger partial charge in [0.1, 0.15) is 11.9 Å². The van der Waals surface area contributed by atoms with Crippen LogP contribution in [0.25, 0.3) is 11.1 Å². The minimum atomic E-state index is -3.93. The molecule has 0 radical (unpaired) electrons. The second kappa shape index (κ2) is 8.96. The summed E-state index contributed by atoms with van der Waals surface area (Å²) in [6.45, 7) is 1.82. The van der Waals surface area contributed by atoms with E-state index in [4.69, 9.17) is 9.84 Å². The van der Waals surface area contributed by atoms with Gasteiger partial charge in [0.25, 0.3) is 10.0 Å². The van der Waals surface area contributed by atoms with Gasteiger partial charge in [0.2, 0.25) is 0 Å². The summed E-state index contributed by atoms with van der Waals surface area (Å²) in [6, 6.07) is 21.0. The number of nitrogens with zero attached hydrogens (tertiary/aromatic N) is 2. The number of anilines is 1. The number of ether oxygens (including phenoxy) is 1. The summed E-state index contributed by atoms with van der Waals surface area (Å²) >= 11 is 0. The number of hydrogen-bond donors (Lipinski definition) is 1. The second-order valence-corrected chi connectivity index (χ2v) is 9.76. The molecule has 0 fully saturated rings. The highest BCUT2D eigenvalue weighted by Gasteiger charge is 2.35. The lowest BCUT2D eigenvalue weighted by Gasteiger charge is -2.35. The Hall–Kier alpha value is -3.83. The van der Waals surface area contributed by atoms with Crippen molar-refractivity contribution in [3.05, 3.63) is 77.9 Å². The summed E-state index contributed by atoms with van der Waals surface area (Å²) in [7, 11) is -3.93. The highest BCUT2D eigenvalue weighted by atomic mass is 32.2. The zero-order valence-corrected chi connectivity index (χ0v) is 18.7. The van der Waals surface area contributed by atoms with E-state index in [2.05, 4.69) is 6.07 Å². The van der Waals surface area contributed by atoms with Crippen LogP contribution in [0.4, 0.5) is 5.69 Å². The molecule has 1 heterocycles. The SMILES string of the molecule is Cc1cccc(S(=O)(=O)N2C[C@H](CCC(=O)O)Oc3ccc(-c4cccc(C#N)c4)cc32)c1. The lowest BCUT2D eigenvalue weighted by atomic mass is 10.0. The van der Waals surface area contributed by atoms with Gasteiger partial charge in [0.05, 0.1) is 28.8 Å². The number of carboxylic acids is 1. The molecule has 0 saturated carbocycles. The monoisotopic (exact) mass is 462 g/mol. The largest absolute Gasteiger partial charge is 0.486 e. The van der Waals surface area contributed by atoms with Crippen LogP contribution >= 0.6 is 0 Å². The molecule has 4 rings (SSSR count). The van der Waals surface area contributed by atoms with Crippen LogP contribution in [0.1, 0.15) is 24.0 Å². The molecule has 0 aliphatic carbocycles. The average molecular weight is 463 g/mol. The first-order valence-electron chi connectivity index (χ1n) is 10.4. The first-order chi connectivity index (χ1) is 15.8. The Morgan fingerprint density at radius 3 is 2.61 bits per heavy atom. The molecule has 1 aliphatic heterocycles. The molecule has 3 aromatic carbocycles. The maximum atomic E-state index is 13.6. The Kier molecular flexibility index (Phi) is 6.07. The van der Waals surface area contributed by atoms with Gasteiger partial charge >= 0.3 is 5.97 Å². The second-order valence-electron chi connectivity index (χ2n) is 7.90. The van der Waals surface area contributed by atoms with E-state index in [0.29, 0.717) is 17.0 Å². The first kappa shape index (κ1) is 22.4. The van der Waals surface area contributed by atoms with Gasteiger partial charge in [-0.2, -0.15) is 5.26 Å². The van der Waals surface area contributed by atoms with Gasteiger partial charge in [-0.15, -0.1) is 0 Å². The van der Waals surface area contributed by atoms with Gasteiger partial charge in [0, 0.05) is 6.42 Å². The van der Waals surface area contributed by atoms with E-state index in [-0.39, 0.29) is 24.3 Å². The van der Waals surface area contributed by atoms with Crippen LogP contribution in [0, 0.1) is 18.3 Å². The van der Waals surface area contributed by atoms with Gasteiger partial charge in [0.15, 0.2) is 0 Å². The number of rotatable bonds is 6. The molecule has 1 aliphatic rings. The third-order valence-corrected chi connectivity index (χ3v) is 7.25. The highest BCUT2D eigenvalue weighted by Crippen LogP contribution is 2.40. The lowest BCUT2D eigenvalue weighted by molar-refractivity contribution is -0.137. The van der Waals surface area contributed by atoms with Gasteiger partial charge in [-0.05, 0) is 66.4 Å². The fourth-order valence-corrected chi connectivity index (χ4v) is 5.43. The van der Waals surface area contributed by atoms with E-state index in [1.807, 2.05) is 19.1 Å². The predicted molar refractivity (Wildman–Crippen MR) is 124 cm³/mol. The molecule has 0 spiro atoms. The summed E-state index contributed by atoms with van der Waals surface area (Å²) in [6.07, 6.45) is -0.543. The Balaban J connectivity index is 1.81. The van der Waals surface area contributed by atoms with Crippen LogP contribution in [0.2, 0.25) is 0 Å². The van der Waals surface area contributed by atoms with Gasteiger partial charge in [-0.1, -0.05) is 30.3 Å². The standard InChI is InChI=1S/C25H22N2O5S/c1-17-4-2-7-22(12-17)33(30,31)27-16-21(9-11-25(28)29)32-24-10-8-20(14-23(24)27)19-6-3-5-18(13-19)15-26/h2-8,10,12-14,21H,9,11,16H2,1H3,(H,28,29)/t21-/m0/s1. The van der Waals surface area contributed by atoms with Crippen molar-refractivity contribution in [3.8, 4) is 22.9 Å². The number of sulfonamides is 1. The highest BCUT2D eigenvalue weighted by molar-refractivity contribution is 7.92. The fourth-order valence-electron chi connectivity index (χ4n) is 3.83. The number of carbonyl (C=O) groups is 1. The maximum Gasteiger partial charge on any atom is 0.303 e. The van der Waals surface area contributed by atoms with Crippen LogP contribution < -0.4 is 9.04 Å². The van der Waals surface area contributed by atoms with Crippen molar-refractivity contribution in [2.24, 2.45) is 0 Å². The van der Waals surface area contributed by atoms with Crippen LogP contribution in [0.15, 0.2) is 71.6 Å². The predicted octanol–water partition coefficient (Wildman–Crippen LogP) is 4.35. The average Bonchev–Trinajstić information content (AvgIpc) is 2.81. The molecule has 1 atom stereocenters. The Morgan fingerprint density at radius 1 is 1.12 bits per heavy atom. The summed E-state index contributed by atoms with van der Waals surface area (Å²) in [4.78, 5) is 11.2. The molecule has 8 heteroatoms. The summed E-state index contributed by atoms with van der Waals surface area (Å²) in [5.74, 6) is -0.599. The topological polar surface area (TPSA) is 108 Å². The number of hydrogen-bond acceptors (Lipinski definition) is 5. The minimum absolute atomic E-state index is 0.00174. The van der Waals surface area contributed by atoms with E-state index in [0.717, 1.165) is 16.7 Å². The van der Waals surface area contributed by atoms with Crippen molar-refractivity contribution >= 4 is 21.7 Å². The maximum absolute atomic E-state index is 13.6. The van der Waals surface area contributed by atoms with E-state index in [9.17, 15) is 18.5 Å². The number of aliphatic carboxylic acids is 1. The molecule has 3 aromatic rings. The van der Waals surface area contributed by atoms with Crippen molar-refractivity contribution < 1.29 is 23.1 Å². The number of benzene rings is 3. The number of carboxylic acid groups (broad SMARTS) is 1. The molecule has 0 aromatic heterocycles. The van der Waals surface area contributed by atoms with Crippen LogP contribution in [0.5, 0.6) is 5.75 Å². The van der Waals surface area contributed by atoms with Gasteiger partial charge in [-0.25, -0.2) is 8.42 Å². The summed E-state index contributed by atoms with van der Waals surface area (Å²) < 4.78 is 34.6. The molecule has 0 unspecified atom stereocenters. The van der Waals surface area contributed by atoms with Crippen molar-refractivity contribution in [3.63, 3.8) is 0 Å². The zero-order chi connectivity index (χ0) is 23.6. The van der Waals surface area contributed by atoms with E-state index < -0.39 is 22.1 Å². The Morgan fingerprint density at radius 2 is 1.88 bits per heavy atom. The molecule has 33 heavy (non-hydrogen) atoms. The van der Waals surface area contributed by atoms with E-state index in [1.165, 1.54) is 4.31 Å². The minimum Gasteiger partial charge on any atom is -0.486 e. The Bertz CT molecular complexity index is 1360. The summed E-state index contributed by atoms with van der Waals surface area (Å²) in [5.41, 5.74) is 3.21. The molecule has 0 saturated heterocycles. The third-order valence-electron chi connectivity index (χ3n) is 5.47. The molecular formula is C25H22N2O5S. The quantitative estimate of drug-likeness (QED) is 0.583. The lowest BCUT2D eigenvalue weighted by Crippen LogP contribution is -2.43. The van der Waals surface area contributed by atoms with Crippen molar-refractivity contribution in [1.29, 1.82) is 5.26 Å². The van der Waals surface area contributed by atoms with E-state index >= 15 is 0 Å². The van der Waals surface area contributed by atoms with E-state index in [1.54, 1.807) is 54.6 Å². The van der Waals surface area contributed by atoms with Crippen molar-refractivity contribution in [2.45, 2.75) is 30.8 Å². The Labute approximate surface area is 192 Å².